The van der Waals surface area contributed by atoms with E-state index in [1.54, 1.807) is 0 Å². The molecule has 0 spiro atoms. The molecular formula is C59H108O6. The van der Waals surface area contributed by atoms with Gasteiger partial charge in [-0.3, -0.25) is 14.4 Å². The van der Waals surface area contributed by atoms with Crippen LogP contribution in [0, 0.1) is 0 Å². The molecule has 0 amide bonds. The van der Waals surface area contributed by atoms with Crippen LogP contribution in [-0.2, 0) is 28.6 Å². The van der Waals surface area contributed by atoms with Crippen molar-refractivity contribution in [1.29, 1.82) is 0 Å². The van der Waals surface area contributed by atoms with Gasteiger partial charge in [-0.2, -0.15) is 0 Å². The normalized spacial score (nSPS) is 12.2. The van der Waals surface area contributed by atoms with Crippen molar-refractivity contribution >= 4 is 17.9 Å². The molecule has 0 aromatic carbocycles. The predicted molar refractivity (Wildman–Crippen MR) is 279 cm³/mol. The number of rotatable bonds is 52. The lowest BCUT2D eigenvalue weighted by Crippen LogP contribution is -2.30. The minimum atomic E-state index is -0.776. The number of unbranched alkanes of at least 4 members (excludes halogenated alkanes) is 35. The SMILES string of the molecule is CC/C=C\C/C=C\C/C=C\CCCCCCCC(=O)OC(COC(=O)CCCCCCCCCCCCCC)COC(=O)CCCCCCCCCCCCCCCCCCCCCC. The summed E-state index contributed by atoms with van der Waals surface area (Å²) in [6.07, 6.45) is 64.2. The molecule has 0 radical (unpaired) electrons. The fourth-order valence-electron chi connectivity index (χ4n) is 8.40. The van der Waals surface area contributed by atoms with Crippen molar-refractivity contribution in [2.75, 3.05) is 13.2 Å². The Balaban J connectivity index is 4.30. The van der Waals surface area contributed by atoms with Crippen molar-refractivity contribution in [2.45, 2.75) is 309 Å². The second-order valence-corrected chi connectivity index (χ2v) is 19.2. The lowest BCUT2D eigenvalue weighted by molar-refractivity contribution is -0.167. The highest BCUT2D eigenvalue weighted by Crippen LogP contribution is 2.17. The summed E-state index contributed by atoms with van der Waals surface area (Å²) < 4.78 is 16.8. The van der Waals surface area contributed by atoms with Gasteiger partial charge < -0.3 is 14.2 Å². The van der Waals surface area contributed by atoms with Crippen LogP contribution in [0.1, 0.15) is 303 Å². The van der Waals surface area contributed by atoms with Crippen molar-refractivity contribution in [3.63, 3.8) is 0 Å². The zero-order valence-electron chi connectivity index (χ0n) is 43.5. The van der Waals surface area contributed by atoms with Gasteiger partial charge in [0.05, 0.1) is 0 Å². The first-order valence-electron chi connectivity index (χ1n) is 28.5. The summed E-state index contributed by atoms with van der Waals surface area (Å²) in [5.41, 5.74) is 0. The molecule has 6 nitrogen and oxygen atoms in total. The Morgan fingerprint density at radius 3 is 0.938 bits per heavy atom. The van der Waals surface area contributed by atoms with E-state index < -0.39 is 6.10 Å². The third kappa shape index (κ3) is 52.5. The quantitative estimate of drug-likeness (QED) is 0.0262. The van der Waals surface area contributed by atoms with E-state index in [0.29, 0.717) is 19.3 Å². The average molecular weight is 914 g/mol. The van der Waals surface area contributed by atoms with Crippen molar-refractivity contribution < 1.29 is 28.6 Å². The van der Waals surface area contributed by atoms with E-state index in [0.717, 1.165) is 96.3 Å². The highest BCUT2D eigenvalue weighted by molar-refractivity contribution is 5.71. The molecule has 0 N–H and O–H groups in total. The Morgan fingerprint density at radius 2 is 0.600 bits per heavy atom. The van der Waals surface area contributed by atoms with Gasteiger partial charge in [0.25, 0.3) is 0 Å². The summed E-state index contributed by atoms with van der Waals surface area (Å²) in [6, 6.07) is 0. The molecule has 0 bridgehead atoms. The first-order chi connectivity index (χ1) is 32.0. The lowest BCUT2D eigenvalue weighted by atomic mass is 10.0. The molecule has 6 heteroatoms. The van der Waals surface area contributed by atoms with E-state index in [9.17, 15) is 14.4 Å². The van der Waals surface area contributed by atoms with E-state index in [1.807, 2.05) is 0 Å². The summed E-state index contributed by atoms with van der Waals surface area (Å²) >= 11 is 0. The molecule has 0 rings (SSSR count). The first-order valence-corrected chi connectivity index (χ1v) is 28.5. The van der Waals surface area contributed by atoms with Crippen molar-refractivity contribution in [3.05, 3.63) is 36.5 Å². The molecule has 1 atom stereocenters. The molecule has 0 heterocycles. The van der Waals surface area contributed by atoms with Crippen molar-refractivity contribution in [1.82, 2.24) is 0 Å². The Bertz CT molecular complexity index is 1090. The van der Waals surface area contributed by atoms with Gasteiger partial charge in [0.15, 0.2) is 6.10 Å². The minimum absolute atomic E-state index is 0.0745. The summed E-state index contributed by atoms with van der Waals surface area (Å²) in [7, 11) is 0. The average Bonchev–Trinajstić information content (AvgIpc) is 3.30. The van der Waals surface area contributed by atoms with Gasteiger partial charge in [-0.05, 0) is 51.4 Å². The Labute approximate surface area is 404 Å². The Morgan fingerprint density at radius 1 is 0.323 bits per heavy atom. The molecule has 0 aliphatic heterocycles. The zero-order valence-corrected chi connectivity index (χ0v) is 43.5. The molecule has 380 valence electrons. The number of allylic oxidation sites excluding steroid dienone is 6. The van der Waals surface area contributed by atoms with Crippen LogP contribution in [0.25, 0.3) is 0 Å². The van der Waals surface area contributed by atoms with E-state index in [-0.39, 0.29) is 31.1 Å². The third-order valence-corrected chi connectivity index (χ3v) is 12.7. The third-order valence-electron chi connectivity index (χ3n) is 12.7. The number of carbonyl (C=O) groups is 3. The topological polar surface area (TPSA) is 78.9 Å². The zero-order chi connectivity index (χ0) is 47.2. The molecular weight excluding hydrogens is 805 g/mol. The second-order valence-electron chi connectivity index (χ2n) is 19.2. The summed E-state index contributed by atoms with van der Waals surface area (Å²) in [5.74, 6) is -0.874. The van der Waals surface area contributed by atoms with Gasteiger partial charge in [-0.1, -0.05) is 269 Å². The molecule has 0 aliphatic rings. The van der Waals surface area contributed by atoms with E-state index >= 15 is 0 Å². The minimum Gasteiger partial charge on any atom is -0.462 e. The molecule has 0 saturated carbocycles. The van der Waals surface area contributed by atoms with Crippen LogP contribution in [-0.4, -0.2) is 37.2 Å². The van der Waals surface area contributed by atoms with E-state index in [1.165, 1.54) is 167 Å². The maximum atomic E-state index is 12.8. The van der Waals surface area contributed by atoms with Crippen LogP contribution in [0.5, 0.6) is 0 Å². The number of hydrogen-bond donors (Lipinski definition) is 0. The Kier molecular flexibility index (Phi) is 52.3. The number of carbonyl (C=O) groups excluding carboxylic acids is 3. The smallest absolute Gasteiger partial charge is 0.306 e. The van der Waals surface area contributed by atoms with Gasteiger partial charge >= 0.3 is 17.9 Å². The number of hydrogen-bond acceptors (Lipinski definition) is 6. The van der Waals surface area contributed by atoms with Gasteiger partial charge in [0.1, 0.15) is 13.2 Å². The lowest BCUT2D eigenvalue weighted by Gasteiger charge is -2.18. The number of esters is 3. The van der Waals surface area contributed by atoms with Crippen LogP contribution >= 0.6 is 0 Å². The van der Waals surface area contributed by atoms with Gasteiger partial charge in [0, 0.05) is 19.3 Å². The van der Waals surface area contributed by atoms with Crippen LogP contribution < -0.4 is 0 Å². The van der Waals surface area contributed by atoms with E-state index in [2.05, 4.69) is 57.2 Å². The molecule has 65 heavy (non-hydrogen) atoms. The molecule has 0 aliphatic carbocycles. The standard InChI is InChI=1S/C59H108O6/c1-4-7-10-13-16-19-22-25-27-28-29-30-31-33-34-37-40-43-46-49-52-58(61)64-55-56(54-63-57(60)51-48-45-42-39-36-24-21-18-15-12-9-6-3)65-59(62)53-50-47-44-41-38-35-32-26-23-20-17-14-11-8-5-2/h8,11,17,20,26,32,56H,4-7,9-10,12-16,18-19,21-25,27-31,33-55H2,1-3H3/b11-8-,20-17-,32-26-. The molecule has 0 fully saturated rings. The van der Waals surface area contributed by atoms with Gasteiger partial charge in [-0.15, -0.1) is 0 Å². The fraction of sp³-hybridized carbons (Fsp3) is 0.847. The van der Waals surface area contributed by atoms with Crippen LogP contribution in [0.2, 0.25) is 0 Å². The molecule has 0 aromatic rings. The highest BCUT2D eigenvalue weighted by Gasteiger charge is 2.19. The maximum absolute atomic E-state index is 12.8. The van der Waals surface area contributed by atoms with Gasteiger partial charge in [-0.25, -0.2) is 0 Å². The largest absolute Gasteiger partial charge is 0.462 e. The van der Waals surface area contributed by atoms with E-state index in [4.69, 9.17) is 14.2 Å². The predicted octanol–water partition coefficient (Wildman–Crippen LogP) is 18.9. The number of ether oxygens (including phenoxy) is 3. The fourth-order valence-corrected chi connectivity index (χ4v) is 8.40. The summed E-state index contributed by atoms with van der Waals surface area (Å²) in [6.45, 7) is 6.55. The molecule has 1 unspecified atom stereocenters. The maximum Gasteiger partial charge on any atom is 0.306 e. The van der Waals surface area contributed by atoms with Crippen LogP contribution in [0.4, 0.5) is 0 Å². The highest BCUT2D eigenvalue weighted by atomic mass is 16.6. The molecule has 0 saturated heterocycles. The summed E-state index contributed by atoms with van der Waals surface area (Å²) in [5, 5.41) is 0. The van der Waals surface area contributed by atoms with Gasteiger partial charge in [0.2, 0.25) is 0 Å². The Hall–Kier alpha value is -2.37. The monoisotopic (exact) mass is 913 g/mol. The summed E-state index contributed by atoms with van der Waals surface area (Å²) in [4.78, 5) is 38.1. The van der Waals surface area contributed by atoms with Crippen LogP contribution in [0.3, 0.4) is 0 Å². The van der Waals surface area contributed by atoms with Crippen molar-refractivity contribution in [3.8, 4) is 0 Å². The second kappa shape index (κ2) is 54.2. The van der Waals surface area contributed by atoms with Crippen LogP contribution in [0.15, 0.2) is 36.5 Å². The first kappa shape index (κ1) is 62.6. The molecule has 0 aromatic heterocycles. The van der Waals surface area contributed by atoms with Crippen molar-refractivity contribution in [2.24, 2.45) is 0 Å².